The normalized spacial score (nSPS) is 10.7. The molecule has 0 bridgehead atoms. The lowest BCUT2D eigenvalue weighted by Crippen LogP contribution is -1.77. The minimum Gasteiger partial charge on any atom is -0.295 e. The number of aryl methyl sites for hydroxylation is 1. The van der Waals surface area contributed by atoms with Crippen molar-refractivity contribution in [2.45, 2.75) is 13.8 Å². The van der Waals surface area contributed by atoms with Gasteiger partial charge in [0, 0.05) is 11.1 Å². The van der Waals surface area contributed by atoms with Crippen LogP contribution in [0.15, 0.2) is 12.3 Å². The molecule has 0 spiro atoms. The molecule has 11 heavy (non-hydrogen) atoms. The summed E-state index contributed by atoms with van der Waals surface area (Å²) in [4.78, 5) is 15.6. The van der Waals surface area contributed by atoms with Gasteiger partial charge in [-0.3, -0.25) is 4.79 Å². The van der Waals surface area contributed by atoms with E-state index in [1.54, 1.807) is 29.7 Å². The van der Waals surface area contributed by atoms with Crippen LogP contribution in [0.1, 0.15) is 16.8 Å². The fourth-order valence-electron chi connectivity index (χ4n) is 0.654. The number of allylic oxidation sites excluding steroid dienone is 1. The van der Waals surface area contributed by atoms with Crippen LogP contribution < -0.4 is 0 Å². The zero-order valence-corrected chi connectivity index (χ0v) is 7.31. The highest BCUT2D eigenvalue weighted by molar-refractivity contribution is 7.12. The Kier molecular flexibility index (Phi) is 2.54. The van der Waals surface area contributed by atoms with Crippen molar-refractivity contribution >= 4 is 23.2 Å². The van der Waals surface area contributed by atoms with Crippen LogP contribution in [0.5, 0.6) is 0 Å². The van der Waals surface area contributed by atoms with Crippen LogP contribution in [0.25, 0.3) is 6.08 Å². The third-order valence-electron chi connectivity index (χ3n) is 1.12. The molecule has 58 valence electrons. The molecule has 1 heterocycles. The molecule has 0 amide bonds. The van der Waals surface area contributed by atoms with E-state index in [2.05, 4.69) is 4.98 Å². The number of aromatic nitrogens is 1. The monoisotopic (exact) mass is 167 g/mol. The van der Waals surface area contributed by atoms with Crippen LogP contribution in [0.4, 0.5) is 0 Å². The molecule has 1 aromatic rings. The van der Waals surface area contributed by atoms with Gasteiger partial charge in [-0.05, 0) is 26.0 Å². The molecule has 3 heteroatoms. The van der Waals surface area contributed by atoms with Crippen molar-refractivity contribution < 1.29 is 4.79 Å². The quantitative estimate of drug-likeness (QED) is 0.631. The lowest BCUT2D eigenvalue weighted by Gasteiger charge is -1.78. The molecule has 0 saturated heterocycles. The summed E-state index contributed by atoms with van der Waals surface area (Å²) in [6.45, 7) is 3.47. The second kappa shape index (κ2) is 3.44. The number of hydrogen-bond donors (Lipinski definition) is 0. The van der Waals surface area contributed by atoms with E-state index in [1.165, 1.54) is 6.92 Å². The molecule has 0 unspecified atom stereocenters. The molecule has 0 aliphatic rings. The zero-order chi connectivity index (χ0) is 8.27. The van der Waals surface area contributed by atoms with Gasteiger partial charge in [-0.25, -0.2) is 4.98 Å². The lowest BCUT2D eigenvalue weighted by molar-refractivity contribution is -0.112. The maximum Gasteiger partial charge on any atom is 0.152 e. The second-order valence-corrected chi connectivity index (χ2v) is 3.49. The Labute approximate surface area is 69.6 Å². The summed E-state index contributed by atoms with van der Waals surface area (Å²) in [6, 6.07) is 0. The highest BCUT2D eigenvalue weighted by atomic mass is 32.1. The van der Waals surface area contributed by atoms with Gasteiger partial charge in [0.05, 0.1) is 5.01 Å². The van der Waals surface area contributed by atoms with Gasteiger partial charge in [-0.1, -0.05) is 0 Å². The number of carbonyl (C=O) groups is 1. The minimum absolute atomic E-state index is 0.0658. The first-order chi connectivity index (χ1) is 5.18. The van der Waals surface area contributed by atoms with Crippen molar-refractivity contribution in [2.24, 2.45) is 0 Å². The van der Waals surface area contributed by atoms with Gasteiger partial charge < -0.3 is 0 Å². The summed E-state index contributed by atoms with van der Waals surface area (Å²) < 4.78 is 0. The van der Waals surface area contributed by atoms with E-state index in [9.17, 15) is 4.79 Å². The predicted octanol–water partition coefficient (Wildman–Crippen LogP) is 2.05. The highest BCUT2D eigenvalue weighted by Gasteiger charge is 1.92. The standard InChI is InChI=1S/C8H9NOS/c1-6(10)3-4-8-5-9-7(2)11-8/h3-5H,1-2H3/b4-3+. The van der Waals surface area contributed by atoms with E-state index in [-0.39, 0.29) is 5.78 Å². The fourth-order valence-corrected chi connectivity index (χ4v) is 1.34. The molecular weight excluding hydrogens is 158 g/mol. The third kappa shape index (κ3) is 2.63. The maximum absolute atomic E-state index is 10.5. The number of carbonyl (C=O) groups excluding carboxylic acids is 1. The van der Waals surface area contributed by atoms with Gasteiger partial charge in [0.1, 0.15) is 0 Å². The summed E-state index contributed by atoms with van der Waals surface area (Å²) in [5, 5.41) is 1.02. The van der Waals surface area contributed by atoms with Crippen molar-refractivity contribution in [1.29, 1.82) is 0 Å². The van der Waals surface area contributed by atoms with E-state index < -0.39 is 0 Å². The molecule has 0 fully saturated rings. The average molecular weight is 167 g/mol. The maximum atomic E-state index is 10.5. The fraction of sp³-hybridized carbons (Fsp3) is 0.250. The van der Waals surface area contributed by atoms with Crippen LogP contribution in [0.3, 0.4) is 0 Å². The molecule has 0 N–H and O–H groups in total. The summed E-state index contributed by atoms with van der Waals surface area (Å²) in [6.07, 6.45) is 5.10. The minimum atomic E-state index is 0.0658. The number of hydrogen-bond acceptors (Lipinski definition) is 3. The summed E-state index contributed by atoms with van der Waals surface area (Å²) in [7, 11) is 0. The molecule has 1 rings (SSSR count). The Morgan fingerprint density at radius 1 is 1.73 bits per heavy atom. The molecule has 0 aliphatic carbocycles. The lowest BCUT2D eigenvalue weighted by atomic mass is 10.4. The van der Waals surface area contributed by atoms with Gasteiger partial charge in [-0.2, -0.15) is 0 Å². The van der Waals surface area contributed by atoms with E-state index in [0.29, 0.717) is 0 Å². The smallest absolute Gasteiger partial charge is 0.152 e. The Morgan fingerprint density at radius 3 is 2.91 bits per heavy atom. The van der Waals surface area contributed by atoms with Crippen LogP contribution >= 0.6 is 11.3 Å². The molecule has 0 saturated carbocycles. The zero-order valence-electron chi connectivity index (χ0n) is 6.50. The van der Waals surface area contributed by atoms with Gasteiger partial charge >= 0.3 is 0 Å². The topological polar surface area (TPSA) is 30.0 Å². The van der Waals surface area contributed by atoms with Crippen LogP contribution in [0.2, 0.25) is 0 Å². The highest BCUT2D eigenvalue weighted by Crippen LogP contribution is 2.12. The molecule has 0 atom stereocenters. The van der Waals surface area contributed by atoms with E-state index in [1.807, 2.05) is 6.92 Å². The Morgan fingerprint density at radius 2 is 2.45 bits per heavy atom. The Bertz CT molecular complexity index is 288. The molecular formula is C8H9NOS. The van der Waals surface area contributed by atoms with Gasteiger partial charge in [0.15, 0.2) is 5.78 Å². The van der Waals surface area contributed by atoms with Crippen molar-refractivity contribution in [3.8, 4) is 0 Å². The number of rotatable bonds is 2. The van der Waals surface area contributed by atoms with E-state index in [4.69, 9.17) is 0 Å². The number of thiazole rings is 1. The first kappa shape index (κ1) is 8.14. The van der Waals surface area contributed by atoms with E-state index in [0.717, 1.165) is 9.88 Å². The van der Waals surface area contributed by atoms with Crippen LogP contribution in [0, 0.1) is 6.92 Å². The molecule has 0 aromatic carbocycles. The largest absolute Gasteiger partial charge is 0.295 e. The van der Waals surface area contributed by atoms with Gasteiger partial charge in [-0.15, -0.1) is 11.3 Å². The SMILES string of the molecule is CC(=O)/C=C/c1cnc(C)s1. The number of ketones is 1. The summed E-state index contributed by atoms with van der Waals surface area (Å²) >= 11 is 1.58. The first-order valence-corrected chi connectivity index (χ1v) is 4.11. The van der Waals surface area contributed by atoms with Crippen LogP contribution in [-0.2, 0) is 4.79 Å². The van der Waals surface area contributed by atoms with Gasteiger partial charge in [0.25, 0.3) is 0 Å². The molecule has 2 nitrogen and oxygen atoms in total. The molecule has 1 aromatic heterocycles. The second-order valence-electron chi connectivity index (χ2n) is 2.23. The summed E-state index contributed by atoms with van der Waals surface area (Å²) in [5.41, 5.74) is 0. The van der Waals surface area contributed by atoms with Crippen molar-refractivity contribution in [1.82, 2.24) is 4.98 Å². The van der Waals surface area contributed by atoms with Crippen LogP contribution in [-0.4, -0.2) is 10.8 Å². The average Bonchev–Trinajstić information content (AvgIpc) is 2.31. The number of nitrogens with zero attached hydrogens (tertiary/aromatic N) is 1. The van der Waals surface area contributed by atoms with Gasteiger partial charge in [0.2, 0.25) is 0 Å². The Balaban J connectivity index is 2.71. The summed E-state index contributed by atoms with van der Waals surface area (Å²) in [5.74, 6) is 0.0658. The predicted molar refractivity (Wildman–Crippen MR) is 46.6 cm³/mol. The van der Waals surface area contributed by atoms with Crippen molar-refractivity contribution in [2.75, 3.05) is 0 Å². The molecule has 0 radical (unpaired) electrons. The molecule has 0 aliphatic heterocycles. The third-order valence-corrected chi connectivity index (χ3v) is 2.00. The van der Waals surface area contributed by atoms with Crippen molar-refractivity contribution in [3.05, 3.63) is 22.2 Å². The van der Waals surface area contributed by atoms with Crippen molar-refractivity contribution in [3.63, 3.8) is 0 Å². The van der Waals surface area contributed by atoms with E-state index >= 15 is 0 Å². The first-order valence-electron chi connectivity index (χ1n) is 3.29. The Hall–Kier alpha value is -0.960.